The number of fused-ring (bicyclic) bond motifs is 1. The Bertz CT molecular complexity index is 1180. The maximum atomic E-state index is 12.3. The summed E-state index contributed by atoms with van der Waals surface area (Å²) in [6.45, 7) is 12.3. The Balaban J connectivity index is 1.73. The van der Waals surface area contributed by atoms with E-state index in [2.05, 4.69) is 32.9 Å². The molecule has 188 valence electrons. The molecule has 0 N–H and O–H groups in total. The number of furan rings is 1. The fourth-order valence-corrected chi connectivity index (χ4v) is 4.09. The second-order valence-electron chi connectivity index (χ2n) is 10.5. The second-order valence-corrected chi connectivity index (χ2v) is 10.5. The van der Waals surface area contributed by atoms with Crippen molar-refractivity contribution in [1.82, 2.24) is 0 Å². The van der Waals surface area contributed by atoms with E-state index in [1.807, 2.05) is 45.0 Å². The van der Waals surface area contributed by atoms with Crippen LogP contribution < -0.4 is 4.74 Å². The van der Waals surface area contributed by atoms with Crippen molar-refractivity contribution in [2.75, 3.05) is 13.7 Å². The van der Waals surface area contributed by atoms with Gasteiger partial charge in [-0.2, -0.15) is 0 Å². The molecule has 1 atom stereocenters. The fourth-order valence-electron chi connectivity index (χ4n) is 4.09. The van der Waals surface area contributed by atoms with Crippen molar-refractivity contribution in [3.05, 3.63) is 64.9 Å². The first-order valence-corrected chi connectivity index (χ1v) is 12.4. The van der Waals surface area contributed by atoms with Crippen LogP contribution in [0.1, 0.15) is 93.5 Å². The molecule has 1 heterocycles. The first kappa shape index (κ1) is 26.5. The summed E-state index contributed by atoms with van der Waals surface area (Å²) in [6, 6.07) is 13.7. The summed E-state index contributed by atoms with van der Waals surface area (Å²) in [5.41, 5.74) is 3.25. The molecule has 0 radical (unpaired) electrons. The van der Waals surface area contributed by atoms with Crippen LogP contribution in [-0.4, -0.2) is 25.5 Å². The number of rotatable bonds is 10. The van der Waals surface area contributed by atoms with Gasteiger partial charge in [0.25, 0.3) is 0 Å². The smallest absolute Gasteiger partial charge is 0.337 e. The number of benzene rings is 2. The Morgan fingerprint density at radius 1 is 1.03 bits per heavy atom. The summed E-state index contributed by atoms with van der Waals surface area (Å²) in [5, 5.41) is 0.912. The molecular weight excluding hydrogens is 440 g/mol. The minimum absolute atomic E-state index is 0.0875. The fraction of sp³-hybridized carbons (Fsp3) is 0.467. The van der Waals surface area contributed by atoms with Gasteiger partial charge in [0, 0.05) is 16.7 Å². The van der Waals surface area contributed by atoms with Gasteiger partial charge in [-0.25, -0.2) is 4.79 Å². The number of esters is 1. The minimum atomic E-state index is -0.412. The highest BCUT2D eigenvalue weighted by Gasteiger charge is 2.22. The normalized spacial score (nSPS) is 12.7. The Hall–Kier alpha value is -3.08. The molecule has 0 aliphatic rings. The summed E-state index contributed by atoms with van der Waals surface area (Å²) < 4.78 is 16.9. The number of Topliss-reactive ketones (excluding diaryl/α,β-unsaturated/α-hetero) is 1. The summed E-state index contributed by atoms with van der Waals surface area (Å²) >= 11 is 0. The molecule has 2 aromatic carbocycles. The standard InChI is InChI=1S/C30H38O5/c1-8-21(27-17-23-16-22(29(32)33-7)12-14-25(23)35-27)11-9-20-10-13-26(24(15-20)19(2)3)34-18-28(31)30(4,5)6/h10,12-17,19,21H,8-9,11,18H2,1-7H3. The minimum Gasteiger partial charge on any atom is -0.486 e. The number of methoxy groups -OCH3 is 1. The summed E-state index contributed by atoms with van der Waals surface area (Å²) in [4.78, 5) is 24.2. The lowest BCUT2D eigenvalue weighted by atomic mass is 9.91. The molecule has 0 aliphatic carbocycles. The number of carbonyl (C=O) groups is 2. The van der Waals surface area contributed by atoms with Gasteiger partial charge in [-0.15, -0.1) is 0 Å². The second kappa shape index (κ2) is 11.1. The van der Waals surface area contributed by atoms with Gasteiger partial charge >= 0.3 is 5.97 Å². The van der Waals surface area contributed by atoms with E-state index in [4.69, 9.17) is 13.9 Å². The average molecular weight is 479 g/mol. The van der Waals surface area contributed by atoms with Crippen LogP contribution in [0, 0.1) is 5.41 Å². The molecule has 0 saturated carbocycles. The quantitative estimate of drug-likeness (QED) is 0.283. The van der Waals surface area contributed by atoms with Crippen LogP contribution in [0.3, 0.4) is 0 Å². The predicted molar refractivity (Wildman–Crippen MR) is 139 cm³/mol. The van der Waals surface area contributed by atoms with Crippen LogP contribution in [-0.2, 0) is 16.0 Å². The average Bonchev–Trinajstić information content (AvgIpc) is 3.25. The van der Waals surface area contributed by atoms with Crippen LogP contribution in [0.2, 0.25) is 0 Å². The summed E-state index contributed by atoms with van der Waals surface area (Å²) in [6.07, 6.45) is 2.81. The molecule has 5 heteroatoms. The highest BCUT2D eigenvalue weighted by atomic mass is 16.5. The molecule has 0 fully saturated rings. The van der Waals surface area contributed by atoms with Gasteiger partial charge in [0.1, 0.15) is 23.7 Å². The molecule has 1 unspecified atom stereocenters. The summed E-state index contributed by atoms with van der Waals surface area (Å²) in [7, 11) is 1.38. The molecule has 1 aromatic heterocycles. The van der Waals surface area contributed by atoms with E-state index in [0.717, 1.165) is 47.3 Å². The van der Waals surface area contributed by atoms with Crippen LogP contribution in [0.15, 0.2) is 46.9 Å². The number of aryl methyl sites for hydroxylation is 1. The number of carbonyl (C=O) groups excluding carboxylic acids is 2. The third-order valence-corrected chi connectivity index (χ3v) is 6.52. The molecule has 3 aromatic rings. The Morgan fingerprint density at radius 3 is 2.40 bits per heavy atom. The van der Waals surface area contributed by atoms with Crippen molar-refractivity contribution in [1.29, 1.82) is 0 Å². The van der Waals surface area contributed by atoms with Crippen LogP contribution in [0.5, 0.6) is 5.75 Å². The van der Waals surface area contributed by atoms with E-state index >= 15 is 0 Å². The first-order valence-electron chi connectivity index (χ1n) is 12.4. The van der Waals surface area contributed by atoms with E-state index in [9.17, 15) is 9.59 Å². The molecule has 0 spiro atoms. The largest absolute Gasteiger partial charge is 0.486 e. The van der Waals surface area contributed by atoms with E-state index in [0.29, 0.717) is 5.56 Å². The lowest BCUT2D eigenvalue weighted by Crippen LogP contribution is -2.26. The molecule has 5 nitrogen and oxygen atoms in total. The van der Waals surface area contributed by atoms with Gasteiger partial charge in [0.15, 0.2) is 5.78 Å². The van der Waals surface area contributed by atoms with E-state index in [1.54, 1.807) is 6.07 Å². The zero-order chi connectivity index (χ0) is 25.8. The number of ether oxygens (including phenoxy) is 2. The topological polar surface area (TPSA) is 65.7 Å². The lowest BCUT2D eigenvalue weighted by molar-refractivity contribution is -0.128. The van der Waals surface area contributed by atoms with Gasteiger partial charge in [-0.3, -0.25) is 4.79 Å². The SMILES string of the molecule is CCC(CCc1ccc(OCC(=O)C(C)(C)C)c(C(C)C)c1)c1cc2cc(C(=O)OC)ccc2o1. The van der Waals surface area contributed by atoms with Crippen LogP contribution in [0.4, 0.5) is 0 Å². The number of hydrogen-bond donors (Lipinski definition) is 0. The maximum Gasteiger partial charge on any atom is 0.337 e. The Kier molecular flexibility index (Phi) is 8.42. The van der Waals surface area contributed by atoms with Crippen LogP contribution in [0.25, 0.3) is 11.0 Å². The lowest BCUT2D eigenvalue weighted by Gasteiger charge is -2.20. The molecule has 0 aliphatic heterocycles. The van der Waals surface area contributed by atoms with Gasteiger partial charge in [0.2, 0.25) is 0 Å². The number of ketones is 1. The van der Waals surface area contributed by atoms with Gasteiger partial charge in [-0.05, 0) is 66.6 Å². The highest BCUT2D eigenvalue weighted by molar-refractivity contribution is 5.94. The Labute approximate surface area is 208 Å². The van der Waals surface area contributed by atoms with E-state index in [1.165, 1.54) is 12.7 Å². The molecule has 0 saturated heterocycles. The number of hydrogen-bond acceptors (Lipinski definition) is 5. The maximum absolute atomic E-state index is 12.3. The zero-order valence-corrected chi connectivity index (χ0v) is 22.1. The zero-order valence-electron chi connectivity index (χ0n) is 22.1. The first-order chi connectivity index (χ1) is 16.5. The van der Waals surface area contributed by atoms with E-state index < -0.39 is 5.41 Å². The van der Waals surface area contributed by atoms with Crippen molar-refractivity contribution in [2.24, 2.45) is 5.41 Å². The van der Waals surface area contributed by atoms with Gasteiger partial charge < -0.3 is 13.9 Å². The van der Waals surface area contributed by atoms with E-state index in [-0.39, 0.29) is 30.2 Å². The van der Waals surface area contributed by atoms with Gasteiger partial charge in [0.05, 0.1) is 12.7 Å². The third kappa shape index (κ3) is 6.53. The van der Waals surface area contributed by atoms with Crippen molar-refractivity contribution in [3.8, 4) is 5.75 Å². The van der Waals surface area contributed by atoms with Crippen molar-refractivity contribution < 1.29 is 23.5 Å². The van der Waals surface area contributed by atoms with Gasteiger partial charge in [-0.1, -0.05) is 53.7 Å². The highest BCUT2D eigenvalue weighted by Crippen LogP contribution is 2.33. The van der Waals surface area contributed by atoms with Crippen molar-refractivity contribution in [2.45, 2.75) is 72.6 Å². The van der Waals surface area contributed by atoms with Crippen molar-refractivity contribution in [3.63, 3.8) is 0 Å². The summed E-state index contributed by atoms with van der Waals surface area (Å²) in [5.74, 6) is 2.02. The van der Waals surface area contributed by atoms with Crippen molar-refractivity contribution >= 4 is 22.7 Å². The predicted octanol–water partition coefficient (Wildman–Crippen LogP) is 7.46. The molecule has 35 heavy (non-hydrogen) atoms. The molecule has 0 amide bonds. The monoisotopic (exact) mass is 478 g/mol. The Morgan fingerprint density at radius 2 is 1.77 bits per heavy atom. The molecule has 3 rings (SSSR count). The molecular formula is C30H38O5. The molecule has 0 bridgehead atoms. The van der Waals surface area contributed by atoms with Crippen LogP contribution >= 0.6 is 0 Å². The third-order valence-electron chi connectivity index (χ3n) is 6.52.